The first-order chi connectivity index (χ1) is 13.5. The molecule has 4 heterocycles. The van der Waals surface area contributed by atoms with Crippen molar-refractivity contribution in [3.8, 4) is 5.82 Å². The standard InChI is InChI=1S/C18H23N7O2S/c1-12-11-27-8-7-24(12)17-9-15(23-28(2,26)13-3-4-13)14-10-20-25(18(14)21-17)16-5-6-19-22-16/h5-6,9-10,12-13H,3-4,7-8,11H2,1-2H3,(H,19,22)/t12-,28-/m1/s1. The molecule has 2 atom stereocenters. The van der Waals surface area contributed by atoms with Gasteiger partial charge in [0.05, 0.1) is 52.5 Å². The predicted octanol–water partition coefficient (Wildman–Crippen LogP) is 2.26. The minimum atomic E-state index is -2.29. The highest BCUT2D eigenvalue weighted by Crippen LogP contribution is 2.36. The lowest BCUT2D eigenvalue weighted by Gasteiger charge is -2.34. The Balaban J connectivity index is 1.72. The maximum Gasteiger partial charge on any atom is 0.169 e. The van der Waals surface area contributed by atoms with Crippen LogP contribution in [0, 0.1) is 0 Å². The van der Waals surface area contributed by atoms with Crippen molar-refractivity contribution in [1.29, 1.82) is 0 Å². The van der Waals surface area contributed by atoms with Crippen LogP contribution in [0.2, 0.25) is 0 Å². The molecular weight excluding hydrogens is 378 g/mol. The van der Waals surface area contributed by atoms with E-state index in [1.54, 1.807) is 23.3 Å². The molecule has 148 valence electrons. The average Bonchev–Trinajstić information content (AvgIpc) is 3.24. The fraction of sp³-hybridized carbons (Fsp3) is 0.500. The number of aromatic nitrogens is 5. The summed E-state index contributed by atoms with van der Waals surface area (Å²) < 4.78 is 25.1. The molecule has 1 saturated heterocycles. The maximum absolute atomic E-state index is 13.1. The SMILES string of the molecule is C[C@@H]1COCCN1c1cc(N=[S@](C)(=O)C2CC2)c2cnn(-c3ccn[nH]3)c2n1. The Labute approximate surface area is 163 Å². The first-order valence-electron chi connectivity index (χ1n) is 9.47. The number of hydrogen-bond donors (Lipinski definition) is 1. The Bertz CT molecular complexity index is 1130. The number of morpholine rings is 1. The summed E-state index contributed by atoms with van der Waals surface area (Å²) in [5.41, 5.74) is 1.36. The number of anilines is 1. The van der Waals surface area contributed by atoms with E-state index in [4.69, 9.17) is 14.1 Å². The fourth-order valence-electron chi connectivity index (χ4n) is 3.58. The maximum atomic E-state index is 13.1. The molecule has 0 radical (unpaired) electrons. The molecule has 3 aromatic heterocycles. The van der Waals surface area contributed by atoms with E-state index in [1.165, 1.54) is 0 Å². The van der Waals surface area contributed by atoms with Crippen LogP contribution in [0.3, 0.4) is 0 Å². The van der Waals surface area contributed by atoms with Crippen LogP contribution in [0.25, 0.3) is 16.9 Å². The van der Waals surface area contributed by atoms with Crippen molar-refractivity contribution in [2.75, 3.05) is 30.9 Å². The number of nitrogens with one attached hydrogen (secondary N) is 1. The van der Waals surface area contributed by atoms with Gasteiger partial charge in [-0.3, -0.25) is 5.10 Å². The van der Waals surface area contributed by atoms with E-state index in [9.17, 15) is 4.21 Å². The number of H-pyrrole nitrogens is 1. The minimum Gasteiger partial charge on any atom is -0.377 e. The van der Waals surface area contributed by atoms with Crippen LogP contribution in [0.1, 0.15) is 19.8 Å². The van der Waals surface area contributed by atoms with Crippen molar-refractivity contribution in [3.63, 3.8) is 0 Å². The quantitative estimate of drug-likeness (QED) is 0.720. The summed E-state index contributed by atoms with van der Waals surface area (Å²) >= 11 is 0. The van der Waals surface area contributed by atoms with Crippen molar-refractivity contribution in [2.45, 2.75) is 31.1 Å². The lowest BCUT2D eigenvalue weighted by molar-refractivity contribution is 0.0985. The molecule has 1 saturated carbocycles. The highest BCUT2D eigenvalue weighted by molar-refractivity contribution is 7.93. The Morgan fingerprint density at radius 3 is 2.96 bits per heavy atom. The third-order valence-electron chi connectivity index (χ3n) is 5.30. The molecule has 3 aromatic rings. The molecule has 2 aliphatic rings. The molecule has 5 rings (SSSR count). The van der Waals surface area contributed by atoms with Crippen LogP contribution in [0.4, 0.5) is 11.5 Å². The van der Waals surface area contributed by atoms with Crippen LogP contribution in [-0.4, -0.2) is 66.5 Å². The first kappa shape index (κ1) is 17.6. The third kappa shape index (κ3) is 3.06. The zero-order valence-corrected chi connectivity index (χ0v) is 16.7. The van der Waals surface area contributed by atoms with Gasteiger partial charge in [0.1, 0.15) is 5.82 Å². The van der Waals surface area contributed by atoms with Gasteiger partial charge >= 0.3 is 0 Å². The summed E-state index contributed by atoms with van der Waals surface area (Å²) in [6.45, 7) is 4.17. The number of pyridine rings is 1. The molecule has 1 N–H and O–H groups in total. The monoisotopic (exact) mass is 401 g/mol. The van der Waals surface area contributed by atoms with E-state index < -0.39 is 9.73 Å². The molecule has 28 heavy (non-hydrogen) atoms. The molecule has 0 spiro atoms. The van der Waals surface area contributed by atoms with Gasteiger partial charge in [0.25, 0.3) is 0 Å². The van der Waals surface area contributed by atoms with Gasteiger partial charge in [-0.1, -0.05) is 0 Å². The number of aromatic amines is 1. The van der Waals surface area contributed by atoms with Gasteiger partial charge in [-0.25, -0.2) is 9.19 Å². The molecule has 0 aromatic carbocycles. The van der Waals surface area contributed by atoms with Crippen LogP contribution in [-0.2, 0) is 14.5 Å². The van der Waals surface area contributed by atoms with E-state index in [2.05, 4.69) is 27.1 Å². The van der Waals surface area contributed by atoms with Crippen molar-refractivity contribution < 1.29 is 8.95 Å². The largest absolute Gasteiger partial charge is 0.377 e. The Hall–Kier alpha value is -2.46. The van der Waals surface area contributed by atoms with Crippen molar-refractivity contribution in [3.05, 3.63) is 24.5 Å². The summed E-state index contributed by atoms with van der Waals surface area (Å²) in [7, 11) is -2.29. The summed E-state index contributed by atoms with van der Waals surface area (Å²) in [6, 6.07) is 3.97. The molecule has 10 heteroatoms. The molecule has 0 amide bonds. The number of nitrogens with zero attached hydrogens (tertiary/aromatic N) is 6. The number of ether oxygens (including phenoxy) is 1. The van der Waals surface area contributed by atoms with Crippen LogP contribution in [0.15, 0.2) is 28.9 Å². The predicted molar refractivity (Wildman–Crippen MR) is 108 cm³/mol. The Kier molecular flexibility index (Phi) is 4.13. The lowest BCUT2D eigenvalue weighted by Crippen LogP contribution is -2.44. The summed E-state index contributed by atoms with van der Waals surface area (Å²) in [5, 5.41) is 12.4. The molecule has 2 fully saturated rings. The van der Waals surface area contributed by atoms with Crippen LogP contribution >= 0.6 is 0 Å². The second-order valence-electron chi connectivity index (χ2n) is 7.50. The van der Waals surface area contributed by atoms with Crippen molar-refractivity contribution >= 4 is 32.3 Å². The van der Waals surface area contributed by atoms with E-state index in [0.717, 1.165) is 36.4 Å². The number of rotatable bonds is 4. The van der Waals surface area contributed by atoms with Crippen LogP contribution < -0.4 is 4.90 Å². The van der Waals surface area contributed by atoms with Gasteiger partial charge < -0.3 is 9.64 Å². The zero-order valence-electron chi connectivity index (χ0n) is 15.9. The summed E-state index contributed by atoms with van der Waals surface area (Å²) in [6.07, 6.45) is 7.12. The van der Waals surface area contributed by atoms with E-state index >= 15 is 0 Å². The third-order valence-corrected chi connectivity index (χ3v) is 7.57. The van der Waals surface area contributed by atoms with E-state index in [-0.39, 0.29) is 11.3 Å². The van der Waals surface area contributed by atoms with Crippen molar-refractivity contribution in [2.24, 2.45) is 4.36 Å². The molecule has 0 unspecified atom stereocenters. The fourth-order valence-corrected chi connectivity index (χ4v) is 5.28. The van der Waals surface area contributed by atoms with E-state index in [1.807, 2.05) is 12.1 Å². The Morgan fingerprint density at radius 2 is 2.25 bits per heavy atom. The summed E-state index contributed by atoms with van der Waals surface area (Å²) in [4.78, 5) is 7.10. The first-order valence-corrected chi connectivity index (χ1v) is 11.5. The second kappa shape index (κ2) is 6.56. The molecule has 0 bridgehead atoms. The molecule has 1 aliphatic carbocycles. The highest BCUT2D eigenvalue weighted by Gasteiger charge is 2.31. The normalized spacial score (nSPS) is 22.4. The van der Waals surface area contributed by atoms with Gasteiger partial charge in [-0.05, 0) is 19.8 Å². The second-order valence-corrected chi connectivity index (χ2v) is 10.1. The molecule has 1 aliphatic heterocycles. The lowest BCUT2D eigenvalue weighted by atomic mass is 10.2. The smallest absolute Gasteiger partial charge is 0.169 e. The topological polar surface area (TPSA) is 101 Å². The molecule has 9 nitrogen and oxygen atoms in total. The van der Waals surface area contributed by atoms with Crippen molar-refractivity contribution in [1.82, 2.24) is 25.0 Å². The number of hydrogen-bond acceptors (Lipinski definition) is 7. The van der Waals surface area contributed by atoms with Gasteiger partial charge in [0.2, 0.25) is 0 Å². The highest BCUT2D eigenvalue weighted by atomic mass is 32.2. The molecular formula is C18H23N7O2S. The van der Waals surface area contributed by atoms with Gasteiger partial charge in [-0.2, -0.15) is 19.2 Å². The summed E-state index contributed by atoms with van der Waals surface area (Å²) in [5.74, 6) is 1.52. The van der Waals surface area contributed by atoms with Crippen LogP contribution in [0.5, 0.6) is 0 Å². The minimum absolute atomic E-state index is 0.184. The van der Waals surface area contributed by atoms with Gasteiger partial charge in [0, 0.05) is 30.2 Å². The number of fused-ring (bicyclic) bond motifs is 1. The van der Waals surface area contributed by atoms with E-state index in [0.29, 0.717) is 24.5 Å². The Morgan fingerprint density at radius 1 is 1.39 bits per heavy atom. The van der Waals surface area contributed by atoms with Gasteiger partial charge in [-0.15, -0.1) is 0 Å². The zero-order chi connectivity index (χ0) is 19.3. The average molecular weight is 401 g/mol. The van der Waals surface area contributed by atoms with Gasteiger partial charge in [0.15, 0.2) is 11.5 Å².